The quantitative estimate of drug-likeness (QED) is 0.729. The molecule has 0 unspecified atom stereocenters. The van der Waals surface area contributed by atoms with Crippen molar-refractivity contribution in [3.8, 4) is 0 Å². The fourth-order valence-corrected chi connectivity index (χ4v) is 1.83. The molecular formula is C11H15NO2S. The Morgan fingerprint density at radius 2 is 2.07 bits per heavy atom. The fraction of sp³-hybridized carbons (Fsp3) is 0.364. The normalized spacial score (nSPS) is 10.2. The maximum atomic E-state index is 10.3. The second kappa shape index (κ2) is 6.48. The summed E-state index contributed by atoms with van der Waals surface area (Å²) in [6, 6.07) is 8.16. The highest BCUT2D eigenvalue weighted by Gasteiger charge is 1.97. The highest BCUT2D eigenvalue weighted by molar-refractivity contribution is 7.97. The number of carbonyl (C=O) groups is 1. The van der Waals surface area contributed by atoms with E-state index < -0.39 is 5.97 Å². The molecule has 0 radical (unpaired) electrons. The van der Waals surface area contributed by atoms with Gasteiger partial charge in [-0.05, 0) is 36.1 Å². The van der Waals surface area contributed by atoms with Gasteiger partial charge in [-0.1, -0.05) is 25.5 Å². The lowest BCUT2D eigenvalue weighted by Crippen LogP contribution is -2.15. The molecule has 0 saturated carbocycles. The van der Waals surface area contributed by atoms with E-state index in [4.69, 9.17) is 5.11 Å². The third-order valence-corrected chi connectivity index (χ3v) is 2.67. The molecule has 0 spiro atoms. The first-order valence-corrected chi connectivity index (χ1v) is 5.74. The van der Waals surface area contributed by atoms with E-state index >= 15 is 0 Å². The maximum Gasteiger partial charge on any atom is 0.318 e. The van der Waals surface area contributed by atoms with Crippen LogP contribution >= 0.6 is 11.9 Å². The second-order valence-electron chi connectivity index (χ2n) is 3.21. The van der Waals surface area contributed by atoms with E-state index in [1.54, 1.807) is 0 Å². The summed E-state index contributed by atoms with van der Waals surface area (Å²) in [6.07, 6.45) is 2.23. The van der Waals surface area contributed by atoms with Gasteiger partial charge in [-0.3, -0.25) is 4.79 Å². The summed E-state index contributed by atoms with van der Waals surface area (Å²) in [4.78, 5) is 11.3. The van der Waals surface area contributed by atoms with Crippen molar-refractivity contribution in [2.75, 3.05) is 6.54 Å². The molecule has 3 nitrogen and oxygen atoms in total. The van der Waals surface area contributed by atoms with E-state index in [2.05, 4.69) is 23.8 Å². The van der Waals surface area contributed by atoms with Gasteiger partial charge >= 0.3 is 5.97 Å². The first-order valence-electron chi connectivity index (χ1n) is 4.93. The largest absolute Gasteiger partial charge is 0.480 e. The Kier molecular flexibility index (Phi) is 5.21. The van der Waals surface area contributed by atoms with Crippen molar-refractivity contribution < 1.29 is 9.90 Å². The highest BCUT2D eigenvalue weighted by Crippen LogP contribution is 2.15. The van der Waals surface area contributed by atoms with Gasteiger partial charge in [0.1, 0.15) is 6.54 Å². The molecule has 2 N–H and O–H groups in total. The number of benzene rings is 1. The van der Waals surface area contributed by atoms with Gasteiger partial charge in [0.15, 0.2) is 0 Å². The molecule has 1 aromatic rings. The van der Waals surface area contributed by atoms with Crippen LogP contribution in [0.4, 0.5) is 0 Å². The molecule has 0 amide bonds. The minimum Gasteiger partial charge on any atom is -0.480 e. The third kappa shape index (κ3) is 4.85. The van der Waals surface area contributed by atoms with Gasteiger partial charge < -0.3 is 5.11 Å². The fourth-order valence-electron chi connectivity index (χ4n) is 1.19. The molecule has 0 atom stereocenters. The van der Waals surface area contributed by atoms with Crippen LogP contribution in [-0.2, 0) is 11.2 Å². The van der Waals surface area contributed by atoms with E-state index in [9.17, 15) is 4.79 Å². The summed E-state index contributed by atoms with van der Waals surface area (Å²) < 4.78 is 2.77. The van der Waals surface area contributed by atoms with Crippen LogP contribution < -0.4 is 4.72 Å². The Labute approximate surface area is 94.0 Å². The van der Waals surface area contributed by atoms with Crippen LogP contribution in [0.15, 0.2) is 29.2 Å². The smallest absolute Gasteiger partial charge is 0.318 e. The lowest BCUT2D eigenvalue weighted by atomic mass is 10.1. The van der Waals surface area contributed by atoms with Gasteiger partial charge in [-0.2, -0.15) is 0 Å². The van der Waals surface area contributed by atoms with E-state index in [1.165, 1.54) is 17.5 Å². The van der Waals surface area contributed by atoms with Crippen LogP contribution in [0.2, 0.25) is 0 Å². The summed E-state index contributed by atoms with van der Waals surface area (Å²) in [5.41, 5.74) is 1.32. The lowest BCUT2D eigenvalue weighted by Gasteiger charge is -2.02. The van der Waals surface area contributed by atoms with Gasteiger partial charge in [0.2, 0.25) is 0 Å². The number of aryl methyl sites for hydroxylation is 1. The summed E-state index contributed by atoms with van der Waals surface area (Å²) in [7, 11) is 0. The average molecular weight is 225 g/mol. The van der Waals surface area contributed by atoms with Crippen LogP contribution in [0.25, 0.3) is 0 Å². The van der Waals surface area contributed by atoms with E-state index in [0.717, 1.165) is 17.7 Å². The first-order chi connectivity index (χ1) is 7.22. The van der Waals surface area contributed by atoms with Crippen LogP contribution in [0.5, 0.6) is 0 Å². The molecule has 1 rings (SSSR count). The lowest BCUT2D eigenvalue weighted by molar-refractivity contribution is -0.135. The Morgan fingerprint density at radius 3 is 2.60 bits per heavy atom. The zero-order valence-corrected chi connectivity index (χ0v) is 9.51. The molecule has 0 bridgehead atoms. The second-order valence-corrected chi connectivity index (χ2v) is 4.18. The van der Waals surface area contributed by atoms with E-state index in [-0.39, 0.29) is 6.54 Å². The predicted octanol–water partition coefficient (Wildman–Crippen LogP) is 2.32. The number of carboxylic acids is 1. The number of rotatable bonds is 6. The molecule has 0 fully saturated rings. The minimum atomic E-state index is -0.842. The van der Waals surface area contributed by atoms with Crippen LogP contribution in [0, 0.1) is 0 Å². The Balaban J connectivity index is 2.39. The van der Waals surface area contributed by atoms with Gasteiger partial charge in [-0.15, -0.1) is 0 Å². The van der Waals surface area contributed by atoms with Crippen molar-refractivity contribution in [2.45, 2.75) is 24.7 Å². The van der Waals surface area contributed by atoms with Crippen molar-refractivity contribution in [1.29, 1.82) is 0 Å². The number of carboxylic acid groups (broad SMARTS) is 1. The number of nitrogens with one attached hydrogen (secondary N) is 1. The van der Waals surface area contributed by atoms with Gasteiger partial charge in [-0.25, -0.2) is 4.72 Å². The van der Waals surface area contributed by atoms with Crippen molar-refractivity contribution in [1.82, 2.24) is 4.72 Å². The van der Waals surface area contributed by atoms with Gasteiger partial charge in [0.25, 0.3) is 0 Å². The Bertz CT molecular complexity index is 311. The number of aliphatic carboxylic acids is 1. The topological polar surface area (TPSA) is 49.3 Å². The molecule has 0 aliphatic rings. The van der Waals surface area contributed by atoms with Crippen molar-refractivity contribution in [2.24, 2.45) is 0 Å². The van der Waals surface area contributed by atoms with Crippen LogP contribution in [-0.4, -0.2) is 17.6 Å². The Morgan fingerprint density at radius 1 is 1.40 bits per heavy atom. The molecule has 15 heavy (non-hydrogen) atoms. The van der Waals surface area contributed by atoms with Crippen molar-refractivity contribution in [3.63, 3.8) is 0 Å². The molecule has 0 saturated heterocycles. The Hall–Kier alpha value is -1.00. The predicted molar refractivity (Wildman–Crippen MR) is 61.9 cm³/mol. The first kappa shape index (κ1) is 12.1. The van der Waals surface area contributed by atoms with E-state index in [1.807, 2.05) is 12.1 Å². The summed E-state index contributed by atoms with van der Waals surface area (Å²) in [5, 5.41) is 8.43. The molecule has 0 aromatic heterocycles. The molecule has 1 aromatic carbocycles. The zero-order valence-electron chi connectivity index (χ0n) is 8.69. The average Bonchev–Trinajstić information content (AvgIpc) is 2.20. The third-order valence-electron chi connectivity index (χ3n) is 1.88. The summed E-state index contributed by atoms with van der Waals surface area (Å²) in [5.74, 6) is -0.842. The van der Waals surface area contributed by atoms with Gasteiger partial charge in [0.05, 0.1) is 0 Å². The molecule has 82 valence electrons. The highest BCUT2D eigenvalue weighted by atomic mass is 32.2. The van der Waals surface area contributed by atoms with Crippen molar-refractivity contribution >= 4 is 17.9 Å². The standard InChI is InChI=1S/C11H15NO2S/c1-2-3-9-4-6-10(7-5-9)15-12-8-11(13)14/h4-7,12H,2-3,8H2,1H3,(H,13,14). The SMILES string of the molecule is CCCc1ccc(SNCC(=O)O)cc1. The molecule has 0 aliphatic heterocycles. The summed E-state index contributed by atoms with van der Waals surface area (Å²) >= 11 is 1.34. The molecular weight excluding hydrogens is 210 g/mol. The van der Waals surface area contributed by atoms with Crippen molar-refractivity contribution in [3.05, 3.63) is 29.8 Å². The monoisotopic (exact) mass is 225 g/mol. The van der Waals surface area contributed by atoms with Gasteiger partial charge in [0, 0.05) is 4.90 Å². The zero-order chi connectivity index (χ0) is 11.1. The number of hydrogen-bond donors (Lipinski definition) is 2. The minimum absolute atomic E-state index is 0.0264. The van der Waals surface area contributed by atoms with Crippen LogP contribution in [0.1, 0.15) is 18.9 Å². The maximum absolute atomic E-state index is 10.3. The van der Waals surface area contributed by atoms with E-state index in [0.29, 0.717) is 0 Å². The summed E-state index contributed by atoms with van der Waals surface area (Å²) in [6.45, 7) is 2.12. The molecule has 4 heteroatoms. The molecule has 0 heterocycles. The number of hydrogen-bond acceptors (Lipinski definition) is 3. The molecule has 0 aliphatic carbocycles. The van der Waals surface area contributed by atoms with Crippen LogP contribution in [0.3, 0.4) is 0 Å².